The average Bonchev–Trinajstić information content (AvgIpc) is 2.42. The van der Waals surface area contributed by atoms with Gasteiger partial charge in [0.2, 0.25) is 0 Å². The van der Waals surface area contributed by atoms with Gasteiger partial charge in [0.15, 0.2) is 5.82 Å². The van der Waals surface area contributed by atoms with E-state index in [9.17, 15) is 4.39 Å². The van der Waals surface area contributed by atoms with E-state index in [1.807, 2.05) is 0 Å². The van der Waals surface area contributed by atoms with Crippen LogP contribution >= 0.6 is 11.6 Å². The smallest absolute Gasteiger partial charge is 0.169 e. The van der Waals surface area contributed by atoms with Crippen molar-refractivity contribution in [3.63, 3.8) is 0 Å². The molecule has 1 aliphatic rings. The number of hydrogen-bond acceptors (Lipinski definition) is 3. The van der Waals surface area contributed by atoms with E-state index in [0.29, 0.717) is 11.4 Å². The molecule has 1 fully saturated rings. The van der Waals surface area contributed by atoms with Crippen LogP contribution in [-0.2, 0) is 0 Å². The van der Waals surface area contributed by atoms with Crippen LogP contribution in [0.2, 0.25) is 5.02 Å². The second-order valence-corrected chi connectivity index (χ2v) is 5.71. The predicted octanol–water partition coefficient (Wildman–Crippen LogP) is 4.02. The molecule has 0 unspecified atom stereocenters. The molecule has 0 spiro atoms. The molecule has 0 aromatic heterocycles. The van der Waals surface area contributed by atoms with Crippen LogP contribution in [0.15, 0.2) is 6.07 Å². The molecule has 0 aliphatic heterocycles. The highest BCUT2D eigenvalue weighted by atomic mass is 35.5. The highest BCUT2D eigenvalue weighted by molar-refractivity contribution is 6.33. The normalized spacial score (nSPS) is 23.3. The van der Waals surface area contributed by atoms with Gasteiger partial charge in [-0.2, -0.15) is 0 Å². The van der Waals surface area contributed by atoms with Crippen molar-refractivity contribution in [1.29, 1.82) is 0 Å². The number of nitrogens with one attached hydrogen (secondary N) is 1. The molecule has 0 bridgehead atoms. The van der Waals surface area contributed by atoms with Gasteiger partial charge in [-0.15, -0.1) is 0 Å². The highest BCUT2D eigenvalue weighted by Crippen LogP contribution is 2.36. The van der Waals surface area contributed by atoms with Gasteiger partial charge in [-0.1, -0.05) is 24.9 Å². The maximum absolute atomic E-state index is 14.1. The number of nitrogens with two attached hydrogens (primary N) is 2. The summed E-state index contributed by atoms with van der Waals surface area (Å²) < 4.78 is 14.1. The van der Waals surface area contributed by atoms with Crippen LogP contribution in [0, 0.1) is 11.7 Å². The zero-order chi connectivity index (χ0) is 14.0. The number of rotatable bonds is 3. The summed E-state index contributed by atoms with van der Waals surface area (Å²) in [7, 11) is 0. The molecule has 0 saturated heterocycles. The summed E-state index contributed by atoms with van der Waals surface area (Å²) in [5.41, 5.74) is 12.2. The third-order valence-corrected chi connectivity index (χ3v) is 4.42. The standard InChI is InChI=1S/C14H21ClFN3/c1-2-8-3-5-9(6-4-8)19-14-11(18)7-10(17)12(15)13(14)16/h7-9,19H,2-6,17-18H2,1H3. The lowest BCUT2D eigenvalue weighted by atomic mass is 9.84. The predicted molar refractivity (Wildman–Crippen MR) is 79.9 cm³/mol. The second-order valence-electron chi connectivity index (χ2n) is 5.33. The first-order valence-electron chi connectivity index (χ1n) is 6.82. The Kier molecular flexibility index (Phi) is 4.40. The summed E-state index contributed by atoms with van der Waals surface area (Å²) in [6.07, 6.45) is 5.66. The lowest BCUT2D eigenvalue weighted by molar-refractivity contribution is 0.330. The quantitative estimate of drug-likeness (QED) is 0.735. The Morgan fingerprint density at radius 2 is 1.89 bits per heavy atom. The monoisotopic (exact) mass is 285 g/mol. The maximum atomic E-state index is 14.1. The summed E-state index contributed by atoms with van der Waals surface area (Å²) in [6, 6.07) is 1.77. The average molecular weight is 286 g/mol. The minimum Gasteiger partial charge on any atom is -0.397 e. The Hall–Kier alpha value is -1.16. The third kappa shape index (κ3) is 3.06. The van der Waals surface area contributed by atoms with Gasteiger partial charge in [-0.25, -0.2) is 4.39 Å². The molecular formula is C14H21ClFN3. The fraction of sp³-hybridized carbons (Fsp3) is 0.571. The van der Waals surface area contributed by atoms with Crippen molar-refractivity contribution in [2.45, 2.75) is 45.1 Å². The van der Waals surface area contributed by atoms with Crippen molar-refractivity contribution >= 4 is 28.7 Å². The van der Waals surface area contributed by atoms with Crippen LogP contribution in [0.25, 0.3) is 0 Å². The zero-order valence-electron chi connectivity index (χ0n) is 11.2. The molecule has 1 aromatic carbocycles. The summed E-state index contributed by atoms with van der Waals surface area (Å²) in [5, 5.41) is 3.13. The minimum atomic E-state index is -0.545. The molecule has 19 heavy (non-hydrogen) atoms. The molecule has 1 aromatic rings. The van der Waals surface area contributed by atoms with Crippen LogP contribution in [0.3, 0.4) is 0 Å². The van der Waals surface area contributed by atoms with E-state index in [4.69, 9.17) is 23.1 Å². The molecule has 0 atom stereocenters. The molecule has 1 saturated carbocycles. The third-order valence-electron chi connectivity index (χ3n) is 4.04. The fourth-order valence-electron chi connectivity index (χ4n) is 2.73. The van der Waals surface area contributed by atoms with Crippen molar-refractivity contribution in [3.8, 4) is 0 Å². The van der Waals surface area contributed by atoms with Crippen molar-refractivity contribution in [3.05, 3.63) is 16.9 Å². The Morgan fingerprint density at radius 1 is 1.26 bits per heavy atom. The summed E-state index contributed by atoms with van der Waals surface area (Å²) in [6.45, 7) is 2.22. The van der Waals surface area contributed by atoms with Crippen molar-refractivity contribution in [2.75, 3.05) is 16.8 Å². The Balaban J connectivity index is 2.10. The molecule has 106 valence electrons. The van der Waals surface area contributed by atoms with Gasteiger partial charge in [0.1, 0.15) is 5.02 Å². The summed E-state index contributed by atoms with van der Waals surface area (Å²) in [5.74, 6) is 0.257. The number of hydrogen-bond donors (Lipinski definition) is 3. The van der Waals surface area contributed by atoms with Crippen LogP contribution in [0.4, 0.5) is 21.5 Å². The Labute approximate surface area is 118 Å². The minimum absolute atomic E-state index is 0.0565. The number of benzene rings is 1. The van der Waals surface area contributed by atoms with Gasteiger partial charge < -0.3 is 16.8 Å². The van der Waals surface area contributed by atoms with Gasteiger partial charge in [0, 0.05) is 6.04 Å². The lowest BCUT2D eigenvalue weighted by Crippen LogP contribution is -2.26. The van der Waals surface area contributed by atoms with Crippen LogP contribution in [0.5, 0.6) is 0 Å². The summed E-state index contributed by atoms with van der Waals surface area (Å²) >= 11 is 5.82. The first-order valence-corrected chi connectivity index (χ1v) is 7.20. The Bertz CT molecular complexity index is 456. The molecule has 5 N–H and O–H groups in total. The molecule has 0 amide bonds. The van der Waals surface area contributed by atoms with E-state index in [2.05, 4.69) is 12.2 Å². The van der Waals surface area contributed by atoms with Gasteiger partial charge in [-0.05, 0) is 37.7 Å². The molecule has 2 rings (SSSR count). The van der Waals surface area contributed by atoms with Gasteiger partial charge in [0.05, 0.1) is 17.1 Å². The van der Waals surface area contributed by atoms with Gasteiger partial charge in [0.25, 0.3) is 0 Å². The van der Waals surface area contributed by atoms with E-state index >= 15 is 0 Å². The highest BCUT2D eigenvalue weighted by Gasteiger charge is 2.22. The lowest BCUT2D eigenvalue weighted by Gasteiger charge is -2.29. The Morgan fingerprint density at radius 3 is 2.47 bits per heavy atom. The van der Waals surface area contributed by atoms with E-state index in [-0.39, 0.29) is 16.8 Å². The first kappa shape index (κ1) is 14.3. The van der Waals surface area contributed by atoms with Crippen molar-refractivity contribution in [2.24, 2.45) is 5.92 Å². The van der Waals surface area contributed by atoms with E-state index in [1.54, 1.807) is 0 Å². The number of nitrogen functional groups attached to an aromatic ring is 2. The SMILES string of the molecule is CCC1CCC(Nc2c(N)cc(N)c(Cl)c2F)CC1. The van der Waals surface area contributed by atoms with Crippen LogP contribution in [0.1, 0.15) is 39.0 Å². The van der Waals surface area contributed by atoms with Crippen molar-refractivity contribution in [1.82, 2.24) is 0 Å². The van der Waals surface area contributed by atoms with E-state index < -0.39 is 5.82 Å². The second kappa shape index (κ2) is 5.87. The van der Waals surface area contributed by atoms with Crippen molar-refractivity contribution < 1.29 is 4.39 Å². The largest absolute Gasteiger partial charge is 0.397 e. The molecule has 5 heteroatoms. The van der Waals surface area contributed by atoms with Gasteiger partial charge in [-0.3, -0.25) is 0 Å². The maximum Gasteiger partial charge on any atom is 0.169 e. The summed E-state index contributed by atoms with van der Waals surface area (Å²) in [4.78, 5) is 0. The number of anilines is 3. The van der Waals surface area contributed by atoms with Crippen LogP contribution in [-0.4, -0.2) is 6.04 Å². The first-order chi connectivity index (χ1) is 9.02. The zero-order valence-corrected chi connectivity index (χ0v) is 11.9. The van der Waals surface area contributed by atoms with Gasteiger partial charge >= 0.3 is 0 Å². The molecule has 0 heterocycles. The van der Waals surface area contributed by atoms with E-state index in [0.717, 1.165) is 18.8 Å². The molecule has 0 radical (unpaired) electrons. The number of halogens is 2. The molecule has 3 nitrogen and oxygen atoms in total. The van der Waals surface area contributed by atoms with Crippen LogP contribution < -0.4 is 16.8 Å². The molecule has 1 aliphatic carbocycles. The van der Waals surface area contributed by atoms with E-state index in [1.165, 1.54) is 25.3 Å². The molecular weight excluding hydrogens is 265 g/mol. The topological polar surface area (TPSA) is 64.1 Å². The fourth-order valence-corrected chi connectivity index (χ4v) is 2.88.